The van der Waals surface area contributed by atoms with Crippen LogP contribution in [0.15, 0.2) is 0 Å². The first-order chi connectivity index (χ1) is 8.04. The van der Waals surface area contributed by atoms with Crippen LogP contribution in [0.4, 0.5) is 0 Å². The zero-order valence-corrected chi connectivity index (χ0v) is 11.4. The highest BCUT2D eigenvalue weighted by atomic mass is 16.4. The summed E-state index contributed by atoms with van der Waals surface area (Å²) < 4.78 is 0. The SMILES string of the molecule is CCCCN1CCC(C)N(C)C(CC(=O)O)C1. The largest absolute Gasteiger partial charge is 0.481 e. The van der Waals surface area contributed by atoms with Gasteiger partial charge in [-0.3, -0.25) is 9.69 Å². The predicted octanol–water partition coefficient (Wildman–Crippen LogP) is 1.66. The van der Waals surface area contributed by atoms with Gasteiger partial charge in [0.15, 0.2) is 0 Å². The number of hydrogen-bond acceptors (Lipinski definition) is 3. The van der Waals surface area contributed by atoms with E-state index in [9.17, 15) is 4.79 Å². The van der Waals surface area contributed by atoms with E-state index in [1.807, 2.05) is 0 Å². The number of nitrogens with zero attached hydrogens (tertiary/aromatic N) is 2. The van der Waals surface area contributed by atoms with Crippen molar-refractivity contribution in [2.45, 2.75) is 51.6 Å². The summed E-state index contributed by atoms with van der Waals surface area (Å²) in [5.74, 6) is -0.689. The molecule has 1 aliphatic rings. The lowest BCUT2D eigenvalue weighted by Gasteiger charge is -2.30. The van der Waals surface area contributed by atoms with E-state index in [1.54, 1.807) is 0 Å². The number of hydrogen-bond donors (Lipinski definition) is 1. The molecule has 1 saturated heterocycles. The van der Waals surface area contributed by atoms with Crippen molar-refractivity contribution in [1.82, 2.24) is 9.80 Å². The lowest BCUT2D eigenvalue weighted by molar-refractivity contribution is -0.138. The molecule has 0 amide bonds. The minimum Gasteiger partial charge on any atom is -0.481 e. The third kappa shape index (κ3) is 4.64. The van der Waals surface area contributed by atoms with Gasteiger partial charge in [0.1, 0.15) is 0 Å². The van der Waals surface area contributed by atoms with Gasteiger partial charge in [0.2, 0.25) is 0 Å². The highest BCUT2D eigenvalue weighted by Crippen LogP contribution is 2.17. The monoisotopic (exact) mass is 242 g/mol. The Hall–Kier alpha value is -0.610. The standard InChI is InChI=1S/C13H26N2O2/c1-4-5-7-15-8-6-11(2)14(3)12(10-15)9-13(16)17/h11-12H,4-10H2,1-3H3,(H,16,17). The van der Waals surface area contributed by atoms with Crippen molar-refractivity contribution in [2.24, 2.45) is 0 Å². The summed E-state index contributed by atoms with van der Waals surface area (Å²) in [7, 11) is 2.06. The van der Waals surface area contributed by atoms with Gasteiger partial charge < -0.3 is 10.0 Å². The van der Waals surface area contributed by atoms with E-state index >= 15 is 0 Å². The van der Waals surface area contributed by atoms with Crippen LogP contribution in [0.1, 0.15) is 39.5 Å². The van der Waals surface area contributed by atoms with Crippen molar-refractivity contribution in [2.75, 3.05) is 26.7 Å². The first-order valence-electron chi connectivity index (χ1n) is 6.70. The van der Waals surface area contributed by atoms with E-state index in [0.717, 1.165) is 26.1 Å². The Labute approximate surface area is 105 Å². The van der Waals surface area contributed by atoms with Gasteiger partial charge in [0.05, 0.1) is 6.42 Å². The maximum absolute atomic E-state index is 10.9. The molecule has 1 N–H and O–H groups in total. The molecule has 4 nitrogen and oxygen atoms in total. The second kappa shape index (κ2) is 6.97. The number of aliphatic carboxylic acids is 1. The van der Waals surface area contributed by atoms with E-state index in [-0.39, 0.29) is 12.5 Å². The number of unbranched alkanes of at least 4 members (excludes halogenated alkanes) is 1. The molecule has 17 heavy (non-hydrogen) atoms. The average molecular weight is 242 g/mol. The van der Waals surface area contributed by atoms with Crippen molar-refractivity contribution in [3.05, 3.63) is 0 Å². The lowest BCUT2D eigenvalue weighted by atomic mass is 10.1. The molecule has 1 fully saturated rings. The Morgan fingerprint density at radius 3 is 2.76 bits per heavy atom. The second-order valence-corrected chi connectivity index (χ2v) is 5.21. The van der Waals surface area contributed by atoms with Crippen LogP contribution < -0.4 is 0 Å². The first-order valence-corrected chi connectivity index (χ1v) is 6.70. The fourth-order valence-electron chi connectivity index (χ4n) is 2.45. The van der Waals surface area contributed by atoms with Crippen molar-refractivity contribution in [1.29, 1.82) is 0 Å². The number of rotatable bonds is 5. The van der Waals surface area contributed by atoms with Crippen LogP contribution in [-0.4, -0.2) is 59.6 Å². The zero-order valence-electron chi connectivity index (χ0n) is 11.4. The summed E-state index contributed by atoms with van der Waals surface area (Å²) in [4.78, 5) is 15.6. The van der Waals surface area contributed by atoms with Gasteiger partial charge in [-0.2, -0.15) is 0 Å². The normalized spacial score (nSPS) is 27.9. The molecule has 0 aliphatic carbocycles. The Kier molecular flexibility index (Phi) is 5.92. The fraction of sp³-hybridized carbons (Fsp3) is 0.923. The summed E-state index contributed by atoms with van der Waals surface area (Å²) >= 11 is 0. The smallest absolute Gasteiger partial charge is 0.304 e. The zero-order chi connectivity index (χ0) is 12.8. The topological polar surface area (TPSA) is 43.8 Å². The minimum atomic E-state index is -0.689. The molecule has 100 valence electrons. The molecule has 2 atom stereocenters. The van der Waals surface area contributed by atoms with Crippen molar-refractivity contribution in [3.63, 3.8) is 0 Å². The first kappa shape index (κ1) is 14.5. The van der Waals surface area contributed by atoms with Crippen LogP contribution in [0, 0.1) is 0 Å². The number of carbonyl (C=O) groups is 1. The average Bonchev–Trinajstić information content (AvgIpc) is 2.40. The van der Waals surface area contributed by atoms with Crippen LogP contribution in [0.25, 0.3) is 0 Å². The van der Waals surface area contributed by atoms with Crippen LogP contribution >= 0.6 is 0 Å². The molecular formula is C13H26N2O2. The van der Waals surface area contributed by atoms with Gasteiger partial charge in [-0.25, -0.2) is 0 Å². The van der Waals surface area contributed by atoms with E-state index < -0.39 is 5.97 Å². The Morgan fingerprint density at radius 1 is 1.47 bits per heavy atom. The molecule has 0 bridgehead atoms. The molecule has 1 rings (SSSR count). The van der Waals surface area contributed by atoms with Gasteiger partial charge in [0.25, 0.3) is 0 Å². The Balaban J connectivity index is 2.59. The van der Waals surface area contributed by atoms with E-state index in [0.29, 0.717) is 6.04 Å². The summed E-state index contributed by atoms with van der Waals surface area (Å²) in [6.07, 6.45) is 3.79. The second-order valence-electron chi connectivity index (χ2n) is 5.21. The summed E-state index contributed by atoms with van der Waals surface area (Å²) in [5, 5.41) is 8.98. The summed E-state index contributed by atoms with van der Waals surface area (Å²) in [6, 6.07) is 0.632. The Bertz CT molecular complexity index is 246. The van der Waals surface area contributed by atoms with E-state index in [1.165, 1.54) is 12.8 Å². The predicted molar refractivity (Wildman–Crippen MR) is 69.2 cm³/mol. The van der Waals surface area contributed by atoms with Gasteiger partial charge in [-0.05, 0) is 39.9 Å². The number of carboxylic acid groups (broad SMARTS) is 1. The van der Waals surface area contributed by atoms with E-state index in [4.69, 9.17) is 5.11 Å². The number of likely N-dealkylation sites (N-methyl/N-ethyl adjacent to an activating group) is 1. The summed E-state index contributed by atoms with van der Waals surface area (Å²) in [6.45, 7) is 7.49. The van der Waals surface area contributed by atoms with Gasteiger partial charge in [0, 0.05) is 18.6 Å². The highest BCUT2D eigenvalue weighted by molar-refractivity contribution is 5.67. The summed E-state index contributed by atoms with van der Waals surface area (Å²) in [5.41, 5.74) is 0. The maximum Gasteiger partial charge on any atom is 0.304 e. The third-order valence-electron chi connectivity index (χ3n) is 3.84. The van der Waals surface area contributed by atoms with Crippen LogP contribution in [0.3, 0.4) is 0 Å². The fourth-order valence-corrected chi connectivity index (χ4v) is 2.45. The highest BCUT2D eigenvalue weighted by Gasteiger charge is 2.27. The molecule has 0 aromatic carbocycles. The van der Waals surface area contributed by atoms with Gasteiger partial charge in [-0.1, -0.05) is 13.3 Å². The molecular weight excluding hydrogens is 216 g/mol. The molecule has 0 saturated carbocycles. The molecule has 1 heterocycles. The lowest BCUT2D eigenvalue weighted by Crippen LogP contribution is -2.43. The van der Waals surface area contributed by atoms with Crippen molar-refractivity contribution < 1.29 is 9.90 Å². The van der Waals surface area contributed by atoms with E-state index in [2.05, 4.69) is 30.7 Å². The van der Waals surface area contributed by atoms with Crippen LogP contribution in [0.2, 0.25) is 0 Å². The molecule has 0 radical (unpaired) electrons. The third-order valence-corrected chi connectivity index (χ3v) is 3.84. The van der Waals surface area contributed by atoms with Crippen molar-refractivity contribution >= 4 is 5.97 Å². The molecule has 1 aliphatic heterocycles. The number of carboxylic acids is 1. The molecule has 4 heteroatoms. The molecule has 0 spiro atoms. The van der Waals surface area contributed by atoms with Crippen LogP contribution in [-0.2, 0) is 4.79 Å². The maximum atomic E-state index is 10.9. The Morgan fingerprint density at radius 2 is 2.18 bits per heavy atom. The van der Waals surface area contributed by atoms with Gasteiger partial charge in [-0.15, -0.1) is 0 Å². The molecule has 0 aromatic rings. The molecule has 2 unspecified atom stereocenters. The quantitative estimate of drug-likeness (QED) is 0.796. The van der Waals surface area contributed by atoms with Crippen molar-refractivity contribution in [3.8, 4) is 0 Å². The van der Waals surface area contributed by atoms with Gasteiger partial charge >= 0.3 is 5.97 Å². The minimum absolute atomic E-state index is 0.154. The van der Waals surface area contributed by atoms with Crippen LogP contribution in [0.5, 0.6) is 0 Å². The molecule has 0 aromatic heterocycles.